The predicted octanol–water partition coefficient (Wildman–Crippen LogP) is 4.43. The maximum absolute atomic E-state index is 9.21. The minimum Gasteiger partial charge on any atom is -0.392 e. The minimum atomic E-state index is 0.0526. The summed E-state index contributed by atoms with van der Waals surface area (Å²) in [5.74, 6) is 1.61. The fraction of sp³-hybridized carbons (Fsp3) is 0.273. The molecule has 4 rings (SSSR count). The lowest BCUT2D eigenvalue weighted by atomic mass is 9.88. The first-order chi connectivity index (χ1) is 12.7. The van der Waals surface area contributed by atoms with Gasteiger partial charge in [-0.2, -0.15) is 0 Å². The molecule has 1 aliphatic rings. The first-order valence-electron chi connectivity index (χ1n) is 9.13. The van der Waals surface area contributed by atoms with E-state index in [1.54, 1.807) is 0 Å². The number of aliphatic hydroxyl groups excluding tert-OH is 1. The van der Waals surface area contributed by atoms with Crippen molar-refractivity contribution in [2.24, 2.45) is 0 Å². The normalized spacial score (nSPS) is 16.2. The van der Waals surface area contributed by atoms with Gasteiger partial charge in [0.25, 0.3) is 0 Å². The van der Waals surface area contributed by atoms with Crippen molar-refractivity contribution in [3.8, 4) is 11.3 Å². The molecule has 2 aromatic carbocycles. The van der Waals surface area contributed by atoms with Crippen molar-refractivity contribution in [2.45, 2.75) is 38.8 Å². The summed E-state index contributed by atoms with van der Waals surface area (Å²) in [5.41, 5.74) is 5.63. The number of fused-ring (bicyclic) bond motifs is 1. The highest BCUT2D eigenvalue weighted by Gasteiger charge is 2.20. The van der Waals surface area contributed by atoms with Crippen LogP contribution in [0.2, 0.25) is 0 Å². The van der Waals surface area contributed by atoms with Crippen LogP contribution in [0.15, 0.2) is 54.6 Å². The molecule has 1 atom stereocenters. The number of nitrogens with one attached hydrogen (secondary N) is 1. The third kappa shape index (κ3) is 3.46. The third-order valence-corrected chi connectivity index (χ3v) is 4.96. The molecule has 0 bridgehead atoms. The summed E-state index contributed by atoms with van der Waals surface area (Å²) < 4.78 is 0. The fourth-order valence-electron chi connectivity index (χ4n) is 3.65. The Labute approximate surface area is 154 Å². The second-order valence-electron chi connectivity index (χ2n) is 6.83. The Morgan fingerprint density at radius 3 is 2.69 bits per heavy atom. The summed E-state index contributed by atoms with van der Waals surface area (Å²) in [4.78, 5) is 9.18. The maximum atomic E-state index is 9.21. The fourth-order valence-corrected chi connectivity index (χ4v) is 3.65. The monoisotopic (exact) mass is 345 g/mol. The van der Waals surface area contributed by atoms with Gasteiger partial charge in [0, 0.05) is 11.6 Å². The van der Waals surface area contributed by atoms with E-state index < -0.39 is 0 Å². The van der Waals surface area contributed by atoms with Crippen LogP contribution in [0.4, 0.5) is 5.82 Å². The summed E-state index contributed by atoms with van der Waals surface area (Å²) in [6, 6.07) is 18.8. The molecule has 1 heterocycles. The van der Waals surface area contributed by atoms with E-state index in [4.69, 9.17) is 0 Å². The molecule has 0 aliphatic heterocycles. The molecule has 1 aromatic heterocycles. The van der Waals surface area contributed by atoms with Gasteiger partial charge in [0.05, 0.1) is 18.3 Å². The highest BCUT2D eigenvalue weighted by molar-refractivity contribution is 5.63. The van der Waals surface area contributed by atoms with Gasteiger partial charge in [0.2, 0.25) is 0 Å². The van der Waals surface area contributed by atoms with Gasteiger partial charge in [-0.3, -0.25) is 0 Å². The van der Waals surface area contributed by atoms with Crippen LogP contribution in [0, 0.1) is 6.92 Å². The Morgan fingerprint density at radius 2 is 1.88 bits per heavy atom. The standard InChI is InChI=1S/C22H23N3O/c1-15-23-21(18-11-9-16(14-26)10-12-18)13-22(24-15)25-20-8-4-6-17-5-2-3-7-19(17)20/h2-3,5,7,9-13,20,26H,4,6,8,14H2,1H3,(H,23,24,25). The van der Waals surface area contributed by atoms with Crippen molar-refractivity contribution in [2.75, 3.05) is 5.32 Å². The third-order valence-electron chi connectivity index (χ3n) is 4.96. The lowest BCUT2D eigenvalue weighted by Gasteiger charge is -2.27. The van der Waals surface area contributed by atoms with Crippen LogP contribution in [0.1, 0.15) is 41.4 Å². The topological polar surface area (TPSA) is 58.0 Å². The zero-order valence-corrected chi connectivity index (χ0v) is 14.9. The summed E-state index contributed by atoms with van der Waals surface area (Å²) in [5, 5.41) is 12.8. The predicted molar refractivity (Wildman–Crippen MR) is 104 cm³/mol. The Hall–Kier alpha value is -2.72. The molecular weight excluding hydrogens is 322 g/mol. The van der Waals surface area contributed by atoms with Gasteiger partial charge in [-0.25, -0.2) is 9.97 Å². The summed E-state index contributed by atoms with van der Waals surface area (Å²) in [6.07, 6.45) is 3.45. The Morgan fingerprint density at radius 1 is 1.08 bits per heavy atom. The van der Waals surface area contributed by atoms with E-state index in [0.717, 1.165) is 41.3 Å². The number of benzene rings is 2. The molecule has 2 N–H and O–H groups in total. The van der Waals surface area contributed by atoms with E-state index in [2.05, 4.69) is 39.6 Å². The molecule has 0 fully saturated rings. The van der Waals surface area contributed by atoms with Gasteiger partial charge in [0.15, 0.2) is 0 Å². The number of aliphatic hydroxyl groups is 1. The molecule has 3 aromatic rings. The van der Waals surface area contributed by atoms with E-state index in [9.17, 15) is 5.11 Å². The minimum absolute atomic E-state index is 0.0526. The van der Waals surface area contributed by atoms with E-state index in [1.165, 1.54) is 17.5 Å². The average molecular weight is 345 g/mol. The zero-order valence-electron chi connectivity index (χ0n) is 14.9. The first kappa shape index (κ1) is 16.7. The van der Waals surface area contributed by atoms with Crippen molar-refractivity contribution in [1.29, 1.82) is 0 Å². The molecule has 0 radical (unpaired) electrons. The molecule has 0 amide bonds. The Balaban J connectivity index is 1.63. The van der Waals surface area contributed by atoms with Gasteiger partial charge < -0.3 is 10.4 Å². The van der Waals surface area contributed by atoms with Gasteiger partial charge in [-0.15, -0.1) is 0 Å². The van der Waals surface area contributed by atoms with Crippen molar-refractivity contribution >= 4 is 5.82 Å². The SMILES string of the molecule is Cc1nc(NC2CCCc3ccccc32)cc(-c2ccc(CO)cc2)n1. The van der Waals surface area contributed by atoms with Gasteiger partial charge >= 0.3 is 0 Å². The largest absolute Gasteiger partial charge is 0.392 e. The number of hydrogen-bond donors (Lipinski definition) is 2. The Kier molecular flexibility index (Phi) is 4.67. The highest BCUT2D eigenvalue weighted by atomic mass is 16.3. The summed E-state index contributed by atoms with van der Waals surface area (Å²) >= 11 is 0. The second-order valence-corrected chi connectivity index (χ2v) is 6.83. The number of aromatic nitrogens is 2. The van der Waals surface area contributed by atoms with Crippen molar-refractivity contribution in [3.05, 3.63) is 77.1 Å². The molecule has 0 saturated heterocycles. The molecule has 4 heteroatoms. The number of rotatable bonds is 4. The van der Waals surface area contributed by atoms with Gasteiger partial charge in [-0.1, -0.05) is 48.5 Å². The molecule has 4 nitrogen and oxygen atoms in total. The number of aryl methyl sites for hydroxylation is 2. The van der Waals surface area contributed by atoms with Crippen molar-refractivity contribution in [3.63, 3.8) is 0 Å². The molecule has 1 aliphatic carbocycles. The van der Waals surface area contributed by atoms with Crippen LogP contribution in [-0.4, -0.2) is 15.1 Å². The molecular formula is C22H23N3O. The van der Waals surface area contributed by atoms with Gasteiger partial charge in [-0.05, 0) is 42.9 Å². The first-order valence-corrected chi connectivity index (χ1v) is 9.13. The number of hydrogen-bond acceptors (Lipinski definition) is 4. The van der Waals surface area contributed by atoms with Crippen LogP contribution < -0.4 is 5.32 Å². The lowest BCUT2D eigenvalue weighted by molar-refractivity contribution is 0.282. The quantitative estimate of drug-likeness (QED) is 0.734. The van der Waals surface area contributed by atoms with Crippen LogP contribution in [0.25, 0.3) is 11.3 Å². The molecule has 132 valence electrons. The van der Waals surface area contributed by atoms with Crippen molar-refractivity contribution in [1.82, 2.24) is 9.97 Å². The molecule has 0 spiro atoms. The van der Waals surface area contributed by atoms with Gasteiger partial charge in [0.1, 0.15) is 11.6 Å². The lowest BCUT2D eigenvalue weighted by Crippen LogP contribution is -2.18. The van der Waals surface area contributed by atoms with Crippen LogP contribution in [-0.2, 0) is 13.0 Å². The maximum Gasteiger partial charge on any atom is 0.130 e. The van der Waals surface area contributed by atoms with E-state index in [-0.39, 0.29) is 6.61 Å². The van der Waals surface area contributed by atoms with Crippen LogP contribution >= 0.6 is 0 Å². The summed E-state index contributed by atoms with van der Waals surface area (Å²) in [6.45, 7) is 1.97. The van der Waals surface area contributed by atoms with E-state index in [0.29, 0.717) is 6.04 Å². The smallest absolute Gasteiger partial charge is 0.130 e. The number of anilines is 1. The van der Waals surface area contributed by atoms with Crippen LogP contribution in [0.3, 0.4) is 0 Å². The number of nitrogens with zero attached hydrogens (tertiary/aromatic N) is 2. The van der Waals surface area contributed by atoms with Crippen molar-refractivity contribution < 1.29 is 5.11 Å². The van der Waals surface area contributed by atoms with E-state index >= 15 is 0 Å². The zero-order chi connectivity index (χ0) is 17.9. The highest BCUT2D eigenvalue weighted by Crippen LogP contribution is 2.32. The molecule has 0 saturated carbocycles. The second kappa shape index (κ2) is 7.26. The molecule has 1 unspecified atom stereocenters. The average Bonchev–Trinajstić information content (AvgIpc) is 2.68. The Bertz CT molecular complexity index is 906. The molecule has 26 heavy (non-hydrogen) atoms. The summed E-state index contributed by atoms with van der Waals surface area (Å²) in [7, 11) is 0. The van der Waals surface area contributed by atoms with Crippen LogP contribution in [0.5, 0.6) is 0 Å². The van der Waals surface area contributed by atoms with E-state index in [1.807, 2.05) is 37.3 Å².